The summed E-state index contributed by atoms with van der Waals surface area (Å²) in [5.74, 6) is 2.64. The van der Waals surface area contributed by atoms with Gasteiger partial charge >= 0.3 is 0 Å². The molecular formula is C15H17BrN2. The predicted octanol–water partition coefficient (Wildman–Crippen LogP) is 4.74. The van der Waals surface area contributed by atoms with Crippen molar-refractivity contribution in [2.45, 2.75) is 32.1 Å². The second-order valence-electron chi connectivity index (χ2n) is 5.29. The van der Waals surface area contributed by atoms with Gasteiger partial charge in [-0.2, -0.15) is 0 Å². The maximum Gasteiger partial charge on any atom is 0.109 e. The van der Waals surface area contributed by atoms with Gasteiger partial charge in [0.05, 0.1) is 5.69 Å². The SMILES string of the molecule is C[C@@H]1CC[C@H](c2nc(-c3ccc(Br)cc3)c[nH]2)C1. The molecule has 0 radical (unpaired) electrons. The van der Waals surface area contributed by atoms with Crippen molar-refractivity contribution in [2.75, 3.05) is 0 Å². The molecular weight excluding hydrogens is 288 g/mol. The zero-order valence-corrected chi connectivity index (χ0v) is 12.1. The summed E-state index contributed by atoms with van der Waals surface area (Å²) in [6, 6.07) is 8.31. The van der Waals surface area contributed by atoms with E-state index in [4.69, 9.17) is 4.98 Å². The molecule has 1 aromatic carbocycles. The van der Waals surface area contributed by atoms with Gasteiger partial charge in [-0.05, 0) is 37.3 Å². The molecule has 1 heterocycles. The molecule has 0 bridgehead atoms. The molecule has 1 aromatic heterocycles. The van der Waals surface area contributed by atoms with Gasteiger partial charge in [0, 0.05) is 22.2 Å². The topological polar surface area (TPSA) is 28.7 Å². The van der Waals surface area contributed by atoms with E-state index in [9.17, 15) is 0 Å². The highest BCUT2D eigenvalue weighted by molar-refractivity contribution is 9.10. The van der Waals surface area contributed by atoms with Gasteiger partial charge in [-0.3, -0.25) is 0 Å². The summed E-state index contributed by atoms with van der Waals surface area (Å²) in [6.45, 7) is 2.33. The van der Waals surface area contributed by atoms with Crippen LogP contribution in [-0.2, 0) is 0 Å². The maximum atomic E-state index is 4.76. The van der Waals surface area contributed by atoms with Crippen molar-refractivity contribution >= 4 is 15.9 Å². The number of benzene rings is 1. The molecule has 2 aromatic rings. The van der Waals surface area contributed by atoms with Crippen molar-refractivity contribution in [1.82, 2.24) is 9.97 Å². The molecule has 1 fully saturated rings. The monoisotopic (exact) mass is 304 g/mol. The van der Waals surface area contributed by atoms with Crippen LogP contribution in [0, 0.1) is 5.92 Å². The Morgan fingerprint density at radius 2 is 2.00 bits per heavy atom. The number of H-pyrrole nitrogens is 1. The van der Waals surface area contributed by atoms with E-state index < -0.39 is 0 Å². The summed E-state index contributed by atoms with van der Waals surface area (Å²) in [5.41, 5.74) is 2.23. The van der Waals surface area contributed by atoms with Crippen molar-refractivity contribution in [2.24, 2.45) is 5.92 Å². The van der Waals surface area contributed by atoms with Crippen molar-refractivity contribution in [3.63, 3.8) is 0 Å². The van der Waals surface area contributed by atoms with Crippen LogP contribution in [0.5, 0.6) is 0 Å². The second-order valence-corrected chi connectivity index (χ2v) is 6.21. The van der Waals surface area contributed by atoms with Crippen LogP contribution in [-0.4, -0.2) is 9.97 Å². The van der Waals surface area contributed by atoms with Gasteiger partial charge in [-0.15, -0.1) is 0 Å². The Bertz CT molecular complexity index is 530. The summed E-state index contributed by atoms with van der Waals surface area (Å²) in [6.07, 6.45) is 5.91. The fourth-order valence-corrected chi connectivity index (χ4v) is 3.03. The van der Waals surface area contributed by atoms with Crippen LogP contribution in [0.25, 0.3) is 11.3 Å². The van der Waals surface area contributed by atoms with E-state index in [0.29, 0.717) is 5.92 Å². The molecule has 0 amide bonds. The van der Waals surface area contributed by atoms with Crippen LogP contribution in [0.3, 0.4) is 0 Å². The summed E-state index contributed by atoms with van der Waals surface area (Å²) < 4.78 is 1.10. The number of nitrogens with zero attached hydrogens (tertiary/aromatic N) is 1. The van der Waals surface area contributed by atoms with E-state index in [1.54, 1.807) is 0 Å². The van der Waals surface area contributed by atoms with Crippen LogP contribution in [0.1, 0.15) is 37.9 Å². The lowest BCUT2D eigenvalue weighted by molar-refractivity contribution is 0.588. The average Bonchev–Trinajstić information content (AvgIpc) is 2.98. The molecule has 1 aliphatic carbocycles. The molecule has 18 heavy (non-hydrogen) atoms. The number of halogens is 1. The lowest BCUT2D eigenvalue weighted by Crippen LogP contribution is -1.96. The summed E-state index contributed by atoms with van der Waals surface area (Å²) in [5, 5.41) is 0. The first-order valence-corrected chi connectivity index (χ1v) is 7.33. The van der Waals surface area contributed by atoms with Crippen LogP contribution >= 0.6 is 15.9 Å². The fourth-order valence-electron chi connectivity index (χ4n) is 2.77. The molecule has 1 saturated carbocycles. The number of imidazole rings is 1. The number of hydrogen-bond donors (Lipinski definition) is 1. The zero-order valence-electron chi connectivity index (χ0n) is 10.5. The van der Waals surface area contributed by atoms with Gasteiger partial charge in [-0.25, -0.2) is 4.98 Å². The van der Waals surface area contributed by atoms with E-state index in [-0.39, 0.29) is 0 Å². The highest BCUT2D eigenvalue weighted by atomic mass is 79.9. The molecule has 3 rings (SSSR count). The highest BCUT2D eigenvalue weighted by Gasteiger charge is 2.25. The second kappa shape index (κ2) is 4.88. The molecule has 2 nitrogen and oxygen atoms in total. The van der Waals surface area contributed by atoms with Gasteiger partial charge in [0.15, 0.2) is 0 Å². The molecule has 94 valence electrons. The molecule has 0 aliphatic heterocycles. The molecule has 1 N–H and O–H groups in total. The van der Waals surface area contributed by atoms with Crippen LogP contribution in [0.2, 0.25) is 0 Å². The lowest BCUT2D eigenvalue weighted by atomic mass is 10.1. The molecule has 1 aliphatic rings. The van der Waals surface area contributed by atoms with Gasteiger partial charge < -0.3 is 4.98 Å². The Morgan fingerprint density at radius 1 is 1.22 bits per heavy atom. The van der Waals surface area contributed by atoms with Crippen LogP contribution in [0.15, 0.2) is 34.9 Å². The average molecular weight is 305 g/mol. The number of hydrogen-bond acceptors (Lipinski definition) is 1. The Labute approximate surface area is 116 Å². The summed E-state index contributed by atoms with van der Waals surface area (Å²) in [7, 11) is 0. The van der Waals surface area contributed by atoms with Crippen LogP contribution < -0.4 is 0 Å². The first kappa shape index (κ1) is 12.0. The van der Waals surface area contributed by atoms with Crippen LogP contribution in [0.4, 0.5) is 0 Å². The third kappa shape index (κ3) is 2.37. The van der Waals surface area contributed by atoms with Crippen molar-refractivity contribution in [1.29, 1.82) is 0 Å². The normalized spacial score (nSPS) is 23.4. The van der Waals surface area contributed by atoms with Crippen molar-refractivity contribution in [3.05, 3.63) is 40.8 Å². The molecule has 0 spiro atoms. The Balaban J connectivity index is 1.83. The molecule has 3 heteroatoms. The summed E-state index contributed by atoms with van der Waals surface area (Å²) >= 11 is 3.46. The zero-order chi connectivity index (χ0) is 12.5. The number of nitrogens with one attached hydrogen (secondary N) is 1. The van der Waals surface area contributed by atoms with Gasteiger partial charge in [0.25, 0.3) is 0 Å². The summed E-state index contributed by atoms with van der Waals surface area (Å²) in [4.78, 5) is 8.11. The van der Waals surface area contributed by atoms with E-state index >= 15 is 0 Å². The Kier molecular flexibility index (Phi) is 3.25. The largest absolute Gasteiger partial charge is 0.348 e. The van der Waals surface area contributed by atoms with E-state index in [1.807, 2.05) is 6.20 Å². The van der Waals surface area contributed by atoms with Gasteiger partial charge in [0.2, 0.25) is 0 Å². The maximum absolute atomic E-state index is 4.76. The number of aromatic amines is 1. The molecule has 2 atom stereocenters. The number of rotatable bonds is 2. The van der Waals surface area contributed by atoms with E-state index in [2.05, 4.69) is 52.1 Å². The Hall–Kier alpha value is -1.09. The minimum absolute atomic E-state index is 0.629. The van der Waals surface area contributed by atoms with Crippen molar-refractivity contribution < 1.29 is 0 Å². The number of aromatic nitrogens is 2. The quantitative estimate of drug-likeness (QED) is 0.852. The van der Waals surface area contributed by atoms with Gasteiger partial charge in [0.1, 0.15) is 5.82 Å². The predicted molar refractivity (Wildman–Crippen MR) is 77.5 cm³/mol. The first-order valence-electron chi connectivity index (χ1n) is 6.53. The van der Waals surface area contributed by atoms with Gasteiger partial charge in [-0.1, -0.05) is 35.0 Å². The minimum atomic E-state index is 0.629. The standard InChI is InChI=1S/C15H17BrN2/c1-10-2-3-12(8-10)15-17-9-14(18-15)11-4-6-13(16)7-5-11/h4-7,9-10,12H,2-3,8H2,1H3,(H,17,18)/t10-,12+/m1/s1. The van der Waals surface area contributed by atoms with E-state index in [0.717, 1.165) is 21.9 Å². The Morgan fingerprint density at radius 3 is 2.67 bits per heavy atom. The highest BCUT2D eigenvalue weighted by Crippen LogP contribution is 2.37. The molecule has 0 saturated heterocycles. The smallest absolute Gasteiger partial charge is 0.109 e. The lowest BCUT2D eigenvalue weighted by Gasteiger charge is -2.04. The third-order valence-electron chi connectivity index (χ3n) is 3.82. The fraction of sp³-hybridized carbons (Fsp3) is 0.400. The van der Waals surface area contributed by atoms with E-state index in [1.165, 1.54) is 24.8 Å². The van der Waals surface area contributed by atoms with Crippen molar-refractivity contribution in [3.8, 4) is 11.3 Å². The first-order chi connectivity index (χ1) is 8.72. The minimum Gasteiger partial charge on any atom is -0.348 e. The molecule has 0 unspecified atom stereocenters. The third-order valence-corrected chi connectivity index (χ3v) is 4.35.